The van der Waals surface area contributed by atoms with Gasteiger partial charge in [0.1, 0.15) is 11.3 Å². The highest BCUT2D eigenvalue weighted by molar-refractivity contribution is 6.31. The summed E-state index contributed by atoms with van der Waals surface area (Å²) >= 11 is 6.10. The van der Waals surface area contributed by atoms with E-state index in [0.717, 1.165) is 28.0 Å². The summed E-state index contributed by atoms with van der Waals surface area (Å²) in [6.07, 6.45) is 0.810. The van der Waals surface area contributed by atoms with Crippen LogP contribution in [0.15, 0.2) is 22.7 Å². The number of halogens is 1. The summed E-state index contributed by atoms with van der Waals surface area (Å²) in [6.45, 7) is 4.80. The van der Waals surface area contributed by atoms with E-state index >= 15 is 0 Å². The molecule has 2 aromatic heterocycles. The molecule has 0 saturated heterocycles. The maximum atomic E-state index is 12.8. The minimum absolute atomic E-state index is 0.0245. The van der Waals surface area contributed by atoms with Crippen molar-refractivity contribution in [3.8, 4) is 0 Å². The number of fused-ring (bicyclic) bond motifs is 3. The third-order valence-electron chi connectivity index (χ3n) is 4.47. The maximum Gasteiger partial charge on any atom is 0.259 e. The molecule has 0 spiro atoms. The number of amides is 1. The molecule has 1 amide bonds. The molecule has 5 nitrogen and oxygen atoms in total. The molecule has 3 heterocycles. The van der Waals surface area contributed by atoms with E-state index in [2.05, 4.69) is 10.1 Å². The average Bonchev–Trinajstić information content (AvgIpc) is 3.06. The molecule has 0 unspecified atom stereocenters. The van der Waals surface area contributed by atoms with Crippen molar-refractivity contribution >= 4 is 28.4 Å². The van der Waals surface area contributed by atoms with Gasteiger partial charge in [-0.15, -0.1) is 0 Å². The lowest BCUT2D eigenvalue weighted by Crippen LogP contribution is -2.36. The molecule has 0 saturated carbocycles. The van der Waals surface area contributed by atoms with Gasteiger partial charge in [-0.3, -0.25) is 4.79 Å². The lowest BCUT2D eigenvalue weighted by atomic mass is 10.0. The van der Waals surface area contributed by atoms with E-state index in [1.165, 1.54) is 5.56 Å². The van der Waals surface area contributed by atoms with E-state index in [1.54, 1.807) is 13.8 Å². The number of aromatic nitrogens is 2. The van der Waals surface area contributed by atoms with Gasteiger partial charge in [-0.25, -0.2) is 0 Å². The highest BCUT2D eigenvalue weighted by Gasteiger charge is 2.28. The van der Waals surface area contributed by atoms with Crippen molar-refractivity contribution in [3.05, 3.63) is 51.5 Å². The van der Waals surface area contributed by atoms with Gasteiger partial charge in [0.2, 0.25) is 0 Å². The number of benzene rings is 1. The minimum Gasteiger partial charge on any atom is -0.361 e. The smallest absolute Gasteiger partial charge is 0.259 e. The Balaban J connectivity index is 1.69. The van der Waals surface area contributed by atoms with Crippen LogP contribution in [0.3, 0.4) is 0 Å². The topological polar surface area (TPSA) is 62.1 Å². The van der Waals surface area contributed by atoms with Gasteiger partial charge in [0, 0.05) is 28.2 Å². The highest BCUT2D eigenvalue weighted by atomic mass is 35.5. The predicted molar refractivity (Wildman–Crippen MR) is 87.7 cm³/mol. The van der Waals surface area contributed by atoms with Crippen LogP contribution in [0.5, 0.6) is 0 Å². The molecule has 0 radical (unpaired) electrons. The number of nitrogens with zero attached hydrogens (tertiary/aromatic N) is 2. The Morgan fingerprint density at radius 1 is 1.39 bits per heavy atom. The first-order valence-corrected chi connectivity index (χ1v) is 7.93. The van der Waals surface area contributed by atoms with E-state index < -0.39 is 0 Å². The molecule has 118 valence electrons. The van der Waals surface area contributed by atoms with Crippen LogP contribution in [-0.4, -0.2) is 27.5 Å². The van der Waals surface area contributed by atoms with Gasteiger partial charge in [0.05, 0.1) is 12.2 Å². The normalized spacial score (nSPS) is 14.3. The standard InChI is InChI=1S/C17H16ClN3O2/c1-9-16(10(2)23-20-9)17(22)21-6-5-12-13-7-11(18)3-4-14(13)19-15(12)8-21/h3-4,7,19H,5-6,8H2,1-2H3. The van der Waals surface area contributed by atoms with Crippen LogP contribution in [0, 0.1) is 13.8 Å². The summed E-state index contributed by atoms with van der Waals surface area (Å²) in [5.41, 5.74) is 4.61. The molecule has 0 fully saturated rings. The van der Waals surface area contributed by atoms with E-state index in [4.69, 9.17) is 16.1 Å². The summed E-state index contributed by atoms with van der Waals surface area (Å²) in [6, 6.07) is 5.84. The van der Waals surface area contributed by atoms with Crippen molar-refractivity contribution in [1.82, 2.24) is 15.0 Å². The Labute approximate surface area is 138 Å². The lowest BCUT2D eigenvalue weighted by molar-refractivity contribution is 0.0730. The summed E-state index contributed by atoms with van der Waals surface area (Å²) in [5.74, 6) is 0.547. The van der Waals surface area contributed by atoms with Gasteiger partial charge in [-0.1, -0.05) is 16.8 Å². The number of aryl methyl sites for hydroxylation is 2. The molecule has 1 aromatic carbocycles. The van der Waals surface area contributed by atoms with Crippen LogP contribution in [-0.2, 0) is 13.0 Å². The first-order valence-electron chi connectivity index (χ1n) is 7.55. The maximum absolute atomic E-state index is 12.8. The number of carbonyl (C=O) groups is 1. The van der Waals surface area contributed by atoms with Crippen LogP contribution in [0.4, 0.5) is 0 Å². The highest BCUT2D eigenvalue weighted by Crippen LogP contribution is 2.30. The van der Waals surface area contributed by atoms with Crippen LogP contribution in [0.1, 0.15) is 33.1 Å². The van der Waals surface area contributed by atoms with Crippen molar-refractivity contribution in [2.24, 2.45) is 0 Å². The van der Waals surface area contributed by atoms with E-state index in [0.29, 0.717) is 30.1 Å². The minimum atomic E-state index is -0.0245. The molecule has 6 heteroatoms. The van der Waals surface area contributed by atoms with E-state index in [1.807, 2.05) is 23.1 Å². The summed E-state index contributed by atoms with van der Waals surface area (Å²) in [5, 5.41) is 5.76. The lowest BCUT2D eigenvalue weighted by Gasteiger charge is -2.27. The van der Waals surface area contributed by atoms with Crippen molar-refractivity contribution in [2.45, 2.75) is 26.8 Å². The average molecular weight is 330 g/mol. The molecule has 3 aromatic rings. The zero-order valence-corrected chi connectivity index (χ0v) is 13.7. The zero-order chi connectivity index (χ0) is 16.1. The largest absolute Gasteiger partial charge is 0.361 e. The van der Waals surface area contributed by atoms with Gasteiger partial charge in [-0.2, -0.15) is 0 Å². The number of hydrogen-bond donors (Lipinski definition) is 1. The van der Waals surface area contributed by atoms with Crippen LogP contribution in [0.2, 0.25) is 5.02 Å². The molecule has 0 aliphatic carbocycles. The Kier molecular flexibility index (Phi) is 3.20. The van der Waals surface area contributed by atoms with Gasteiger partial charge in [-0.05, 0) is 44.0 Å². The Hall–Kier alpha value is -2.27. The third kappa shape index (κ3) is 2.23. The fourth-order valence-corrected chi connectivity index (χ4v) is 3.50. The Morgan fingerprint density at radius 2 is 2.22 bits per heavy atom. The molecular formula is C17H16ClN3O2. The molecule has 23 heavy (non-hydrogen) atoms. The Bertz CT molecular complexity index is 906. The summed E-state index contributed by atoms with van der Waals surface area (Å²) in [7, 11) is 0. The monoisotopic (exact) mass is 329 g/mol. The molecular weight excluding hydrogens is 314 g/mol. The van der Waals surface area contributed by atoms with Crippen LogP contribution >= 0.6 is 11.6 Å². The molecule has 4 rings (SSSR count). The van der Waals surface area contributed by atoms with Crippen LogP contribution < -0.4 is 0 Å². The van der Waals surface area contributed by atoms with Crippen molar-refractivity contribution in [2.75, 3.05) is 6.54 Å². The second-order valence-corrected chi connectivity index (χ2v) is 6.38. The molecule has 1 aliphatic rings. The molecule has 1 N–H and O–H groups in total. The first-order chi connectivity index (χ1) is 11.0. The number of rotatable bonds is 1. The molecule has 0 bridgehead atoms. The van der Waals surface area contributed by atoms with Gasteiger partial charge >= 0.3 is 0 Å². The second-order valence-electron chi connectivity index (χ2n) is 5.95. The number of carbonyl (C=O) groups excluding carboxylic acids is 1. The fourth-order valence-electron chi connectivity index (χ4n) is 3.33. The second kappa shape index (κ2) is 5.13. The number of hydrogen-bond acceptors (Lipinski definition) is 3. The SMILES string of the molecule is Cc1noc(C)c1C(=O)N1CCc2c([nH]c3ccc(Cl)cc23)C1. The number of aromatic amines is 1. The van der Waals surface area contributed by atoms with Crippen molar-refractivity contribution < 1.29 is 9.32 Å². The summed E-state index contributed by atoms with van der Waals surface area (Å²) < 4.78 is 5.12. The third-order valence-corrected chi connectivity index (χ3v) is 4.71. The van der Waals surface area contributed by atoms with Gasteiger partial charge in [0.15, 0.2) is 0 Å². The zero-order valence-electron chi connectivity index (χ0n) is 12.9. The predicted octanol–water partition coefficient (Wildman–Crippen LogP) is 3.62. The Morgan fingerprint density at radius 3 is 2.96 bits per heavy atom. The quantitative estimate of drug-likeness (QED) is 0.741. The molecule has 1 aliphatic heterocycles. The van der Waals surface area contributed by atoms with Crippen LogP contribution in [0.25, 0.3) is 10.9 Å². The fraction of sp³-hybridized carbons (Fsp3) is 0.294. The van der Waals surface area contributed by atoms with Crippen molar-refractivity contribution in [3.63, 3.8) is 0 Å². The van der Waals surface area contributed by atoms with Gasteiger partial charge in [0.25, 0.3) is 5.91 Å². The number of nitrogens with one attached hydrogen (secondary N) is 1. The first kappa shape index (κ1) is 14.3. The number of H-pyrrole nitrogens is 1. The summed E-state index contributed by atoms with van der Waals surface area (Å²) in [4.78, 5) is 18.0. The van der Waals surface area contributed by atoms with E-state index in [-0.39, 0.29) is 5.91 Å². The van der Waals surface area contributed by atoms with E-state index in [9.17, 15) is 4.79 Å². The molecule has 0 atom stereocenters. The van der Waals surface area contributed by atoms with Gasteiger partial charge < -0.3 is 14.4 Å². The van der Waals surface area contributed by atoms with Crippen molar-refractivity contribution in [1.29, 1.82) is 0 Å².